The first-order valence-electron chi connectivity index (χ1n) is 6.41. The summed E-state index contributed by atoms with van der Waals surface area (Å²) < 4.78 is 3.73. The zero-order valence-corrected chi connectivity index (χ0v) is 11.7. The highest BCUT2D eigenvalue weighted by molar-refractivity contribution is 6.05. The van der Waals surface area contributed by atoms with Crippen LogP contribution in [0.25, 0.3) is 10.9 Å². The van der Waals surface area contributed by atoms with Gasteiger partial charge >= 0.3 is 0 Å². The fourth-order valence-electron chi connectivity index (χ4n) is 2.21. The van der Waals surface area contributed by atoms with Crippen molar-refractivity contribution in [3.8, 4) is 0 Å². The number of hydrogen-bond donors (Lipinski definition) is 1. The van der Waals surface area contributed by atoms with Crippen molar-refractivity contribution < 1.29 is 4.79 Å². The quantitative estimate of drug-likeness (QED) is 0.776. The van der Waals surface area contributed by atoms with E-state index in [4.69, 9.17) is 0 Å². The van der Waals surface area contributed by atoms with Gasteiger partial charge in [0.1, 0.15) is 0 Å². The van der Waals surface area contributed by atoms with Gasteiger partial charge in [-0.2, -0.15) is 5.10 Å². The average Bonchev–Trinajstić information content (AvgIpc) is 2.93. The van der Waals surface area contributed by atoms with Crippen molar-refractivity contribution in [3.05, 3.63) is 47.8 Å². The number of fused-ring (bicyclic) bond motifs is 1. The van der Waals surface area contributed by atoms with E-state index in [1.807, 2.05) is 62.1 Å². The molecule has 102 valence electrons. The summed E-state index contributed by atoms with van der Waals surface area (Å²) in [4.78, 5) is 12.2. The van der Waals surface area contributed by atoms with E-state index < -0.39 is 0 Å². The van der Waals surface area contributed by atoms with Crippen molar-refractivity contribution >= 4 is 22.6 Å². The monoisotopic (exact) mass is 268 g/mol. The van der Waals surface area contributed by atoms with Crippen LogP contribution in [-0.2, 0) is 14.1 Å². The number of amides is 1. The number of hydrogen-bond acceptors (Lipinski definition) is 2. The van der Waals surface area contributed by atoms with Crippen LogP contribution in [0.15, 0.2) is 36.5 Å². The van der Waals surface area contributed by atoms with Gasteiger partial charge in [0.25, 0.3) is 5.91 Å². The van der Waals surface area contributed by atoms with Gasteiger partial charge < -0.3 is 9.88 Å². The molecule has 1 N–H and O–H groups in total. The molecule has 0 aliphatic heterocycles. The summed E-state index contributed by atoms with van der Waals surface area (Å²) in [6.07, 6.45) is 1.98. The third-order valence-corrected chi connectivity index (χ3v) is 3.51. The van der Waals surface area contributed by atoms with Gasteiger partial charge in [-0.15, -0.1) is 0 Å². The van der Waals surface area contributed by atoms with Gasteiger partial charge in [0.15, 0.2) is 5.82 Å². The molecule has 0 radical (unpaired) electrons. The van der Waals surface area contributed by atoms with Crippen LogP contribution >= 0.6 is 0 Å². The van der Waals surface area contributed by atoms with E-state index in [0.29, 0.717) is 11.4 Å². The van der Waals surface area contributed by atoms with E-state index in [9.17, 15) is 4.79 Å². The van der Waals surface area contributed by atoms with Crippen molar-refractivity contribution in [2.45, 2.75) is 6.92 Å². The number of aromatic nitrogens is 3. The smallest absolute Gasteiger partial charge is 0.256 e. The number of carbonyl (C=O) groups is 1. The molecule has 0 bridgehead atoms. The van der Waals surface area contributed by atoms with Gasteiger partial charge in [-0.25, -0.2) is 0 Å². The number of benzene rings is 1. The summed E-state index contributed by atoms with van der Waals surface area (Å²) in [6, 6.07) is 9.54. The van der Waals surface area contributed by atoms with Crippen LogP contribution in [0.4, 0.5) is 5.82 Å². The van der Waals surface area contributed by atoms with Crippen molar-refractivity contribution in [2.24, 2.45) is 14.1 Å². The predicted octanol–water partition coefficient (Wildman–Crippen LogP) is 2.47. The van der Waals surface area contributed by atoms with Crippen LogP contribution in [-0.4, -0.2) is 20.3 Å². The normalized spacial score (nSPS) is 10.9. The molecule has 20 heavy (non-hydrogen) atoms. The fraction of sp³-hybridized carbons (Fsp3) is 0.200. The standard InChI is InChI=1S/C15H16N4O/c1-10-8-14(17-19(10)3)16-15(20)12-5-4-11-6-7-18(2)13(11)9-12/h4-9H,1-3H3,(H,16,17,20). The van der Waals surface area contributed by atoms with Crippen LogP contribution < -0.4 is 5.32 Å². The molecule has 3 aromatic rings. The van der Waals surface area contributed by atoms with E-state index in [-0.39, 0.29) is 5.91 Å². The molecule has 0 aliphatic rings. The van der Waals surface area contributed by atoms with E-state index in [2.05, 4.69) is 10.4 Å². The Morgan fingerprint density at radius 3 is 2.70 bits per heavy atom. The lowest BCUT2D eigenvalue weighted by Crippen LogP contribution is -2.12. The third-order valence-electron chi connectivity index (χ3n) is 3.51. The summed E-state index contributed by atoms with van der Waals surface area (Å²) in [5, 5.41) is 8.16. The van der Waals surface area contributed by atoms with E-state index in [0.717, 1.165) is 16.6 Å². The Morgan fingerprint density at radius 1 is 1.20 bits per heavy atom. The minimum Gasteiger partial charge on any atom is -0.351 e. The Hall–Kier alpha value is -2.56. The summed E-state index contributed by atoms with van der Waals surface area (Å²) in [6.45, 7) is 1.94. The van der Waals surface area contributed by atoms with Crippen molar-refractivity contribution in [2.75, 3.05) is 5.32 Å². The molecule has 1 aromatic carbocycles. The third kappa shape index (κ3) is 2.07. The molecule has 2 heterocycles. The molecule has 3 rings (SSSR count). The van der Waals surface area contributed by atoms with Crippen LogP contribution in [0, 0.1) is 6.92 Å². The van der Waals surface area contributed by atoms with Gasteiger partial charge in [0, 0.05) is 43.1 Å². The minimum atomic E-state index is -0.147. The highest BCUT2D eigenvalue weighted by Gasteiger charge is 2.10. The molecule has 0 atom stereocenters. The zero-order chi connectivity index (χ0) is 14.3. The maximum Gasteiger partial charge on any atom is 0.256 e. The van der Waals surface area contributed by atoms with Crippen LogP contribution in [0.1, 0.15) is 16.1 Å². The molecule has 5 nitrogen and oxygen atoms in total. The largest absolute Gasteiger partial charge is 0.351 e. The predicted molar refractivity (Wildman–Crippen MR) is 78.8 cm³/mol. The molecule has 0 saturated heterocycles. The lowest BCUT2D eigenvalue weighted by molar-refractivity contribution is 0.102. The molecule has 0 aliphatic carbocycles. The lowest BCUT2D eigenvalue weighted by Gasteiger charge is -2.03. The Kier molecular flexibility index (Phi) is 2.82. The SMILES string of the molecule is Cc1cc(NC(=O)c2ccc3ccn(C)c3c2)nn1C. The van der Waals surface area contributed by atoms with E-state index in [1.165, 1.54) is 0 Å². The van der Waals surface area contributed by atoms with Gasteiger partial charge in [-0.3, -0.25) is 9.48 Å². The first-order valence-corrected chi connectivity index (χ1v) is 6.41. The lowest BCUT2D eigenvalue weighted by atomic mass is 10.1. The van der Waals surface area contributed by atoms with Crippen molar-refractivity contribution in [3.63, 3.8) is 0 Å². The molecular formula is C15H16N4O. The van der Waals surface area contributed by atoms with Crippen molar-refractivity contribution in [1.82, 2.24) is 14.3 Å². The number of rotatable bonds is 2. The average molecular weight is 268 g/mol. The fourth-order valence-corrected chi connectivity index (χ4v) is 2.21. The number of anilines is 1. The van der Waals surface area contributed by atoms with E-state index >= 15 is 0 Å². The molecular weight excluding hydrogens is 252 g/mol. The highest BCUT2D eigenvalue weighted by Crippen LogP contribution is 2.17. The first-order chi connectivity index (χ1) is 9.54. The first kappa shape index (κ1) is 12.5. The molecule has 0 spiro atoms. The van der Waals surface area contributed by atoms with Gasteiger partial charge in [-0.05, 0) is 30.5 Å². The van der Waals surface area contributed by atoms with Crippen molar-refractivity contribution in [1.29, 1.82) is 0 Å². The van der Waals surface area contributed by atoms with Crippen LogP contribution in [0.5, 0.6) is 0 Å². The summed E-state index contributed by atoms with van der Waals surface area (Å²) in [7, 11) is 3.81. The second-order valence-electron chi connectivity index (χ2n) is 4.95. The molecule has 5 heteroatoms. The van der Waals surface area contributed by atoms with Crippen LogP contribution in [0.2, 0.25) is 0 Å². The topological polar surface area (TPSA) is 51.9 Å². The molecule has 1 amide bonds. The second kappa shape index (κ2) is 4.52. The number of nitrogens with one attached hydrogen (secondary N) is 1. The Labute approximate surface area is 116 Å². The van der Waals surface area contributed by atoms with Crippen LogP contribution in [0.3, 0.4) is 0 Å². The maximum atomic E-state index is 12.2. The minimum absolute atomic E-state index is 0.147. The summed E-state index contributed by atoms with van der Waals surface area (Å²) in [5.41, 5.74) is 2.66. The molecule has 2 aromatic heterocycles. The number of carbonyl (C=O) groups excluding carboxylic acids is 1. The highest BCUT2D eigenvalue weighted by atomic mass is 16.1. The summed E-state index contributed by atoms with van der Waals surface area (Å²) in [5.74, 6) is 0.424. The Morgan fingerprint density at radius 2 is 2.00 bits per heavy atom. The summed E-state index contributed by atoms with van der Waals surface area (Å²) >= 11 is 0. The van der Waals surface area contributed by atoms with Gasteiger partial charge in [0.05, 0.1) is 0 Å². The number of aryl methyl sites for hydroxylation is 3. The van der Waals surface area contributed by atoms with Gasteiger partial charge in [-0.1, -0.05) is 6.07 Å². The molecule has 0 fully saturated rings. The molecule has 0 saturated carbocycles. The Bertz CT molecular complexity index is 778. The Balaban J connectivity index is 1.90. The second-order valence-corrected chi connectivity index (χ2v) is 4.95. The van der Waals surface area contributed by atoms with E-state index in [1.54, 1.807) is 4.68 Å². The maximum absolute atomic E-state index is 12.2. The van der Waals surface area contributed by atoms with Gasteiger partial charge in [0.2, 0.25) is 0 Å². The molecule has 0 unspecified atom stereocenters. The number of nitrogens with zero attached hydrogens (tertiary/aromatic N) is 3. The zero-order valence-electron chi connectivity index (χ0n) is 11.7.